The second-order valence-electron chi connectivity index (χ2n) is 4.04. The molecule has 0 aromatic carbocycles. The summed E-state index contributed by atoms with van der Waals surface area (Å²) in [6, 6.07) is 1.90. The van der Waals surface area contributed by atoms with Crippen LogP contribution in [-0.2, 0) is 0 Å². The van der Waals surface area contributed by atoms with E-state index in [1.807, 2.05) is 31.7 Å². The fourth-order valence-electron chi connectivity index (χ4n) is 1.71. The zero-order valence-electron chi connectivity index (χ0n) is 12.4. The first-order valence-electron chi connectivity index (χ1n) is 6.90. The third-order valence-electron chi connectivity index (χ3n) is 2.40. The highest BCUT2D eigenvalue weighted by molar-refractivity contribution is 5.94. The van der Waals surface area contributed by atoms with Crippen molar-refractivity contribution in [1.82, 2.24) is 9.88 Å². The standard InChI is InChI=1S/C13H20N2O.C2H6/c1-4-6-15(7-5-2)13(16)12-8-11(3)9-14-10-12;1-2/h8-10H,4-7H2,1-3H3;1-2H3. The van der Waals surface area contributed by atoms with Crippen LogP contribution in [0.2, 0.25) is 0 Å². The molecular formula is C15H26N2O. The lowest BCUT2D eigenvalue weighted by atomic mass is 10.2. The van der Waals surface area contributed by atoms with E-state index in [2.05, 4.69) is 18.8 Å². The van der Waals surface area contributed by atoms with E-state index >= 15 is 0 Å². The van der Waals surface area contributed by atoms with E-state index in [1.54, 1.807) is 12.4 Å². The van der Waals surface area contributed by atoms with Crippen LogP contribution in [0.15, 0.2) is 18.5 Å². The number of hydrogen-bond donors (Lipinski definition) is 0. The molecule has 0 aliphatic heterocycles. The topological polar surface area (TPSA) is 33.2 Å². The van der Waals surface area contributed by atoms with Crippen LogP contribution in [0.3, 0.4) is 0 Å². The summed E-state index contributed by atoms with van der Waals surface area (Å²) in [6.45, 7) is 11.8. The Kier molecular flexibility index (Phi) is 8.89. The Balaban J connectivity index is 0.00000137. The van der Waals surface area contributed by atoms with Gasteiger partial charge in [0.25, 0.3) is 5.91 Å². The average molecular weight is 250 g/mol. The van der Waals surface area contributed by atoms with Crippen molar-refractivity contribution in [3.63, 3.8) is 0 Å². The second-order valence-corrected chi connectivity index (χ2v) is 4.04. The third-order valence-corrected chi connectivity index (χ3v) is 2.40. The van der Waals surface area contributed by atoms with Crippen molar-refractivity contribution in [3.05, 3.63) is 29.6 Å². The Hall–Kier alpha value is -1.38. The van der Waals surface area contributed by atoms with Gasteiger partial charge in [-0.15, -0.1) is 0 Å². The van der Waals surface area contributed by atoms with Gasteiger partial charge >= 0.3 is 0 Å². The number of carbonyl (C=O) groups excluding carboxylic acids is 1. The molecule has 0 spiro atoms. The van der Waals surface area contributed by atoms with Crippen LogP contribution in [-0.4, -0.2) is 28.9 Å². The molecule has 0 radical (unpaired) electrons. The maximum atomic E-state index is 12.2. The third kappa shape index (κ3) is 5.30. The molecule has 0 aliphatic rings. The lowest BCUT2D eigenvalue weighted by Gasteiger charge is -2.21. The number of carbonyl (C=O) groups is 1. The number of pyridine rings is 1. The number of aromatic nitrogens is 1. The van der Waals surface area contributed by atoms with E-state index in [4.69, 9.17) is 0 Å². The minimum absolute atomic E-state index is 0.0971. The van der Waals surface area contributed by atoms with Gasteiger partial charge in [0.2, 0.25) is 0 Å². The SMILES string of the molecule is CC.CCCN(CCC)C(=O)c1cncc(C)c1. The Morgan fingerprint density at radius 1 is 1.17 bits per heavy atom. The zero-order chi connectivity index (χ0) is 14.0. The fourth-order valence-corrected chi connectivity index (χ4v) is 1.71. The molecule has 3 heteroatoms. The summed E-state index contributed by atoms with van der Waals surface area (Å²) < 4.78 is 0. The highest BCUT2D eigenvalue weighted by Gasteiger charge is 2.14. The summed E-state index contributed by atoms with van der Waals surface area (Å²) in [5.74, 6) is 0.0971. The predicted molar refractivity (Wildman–Crippen MR) is 76.8 cm³/mol. The zero-order valence-corrected chi connectivity index (χ0v) is 12.4. The smallest absolute Gasteiger partial charge is 0.255 e. The fraction of sp³-hybridized carbons (Fsp3) is 0.600. The van der Waals surface area contributed by atoms with Crippen LogP contribution >= 0.6 is 0 Å². The van der Waals surface area contributed by atoms with Gasteiger partial charge in [-0.05, 0) is 31.4 Å². The summed E-state index contributed by atoms with van der Waals surface area (Å²) >= 11 is 0. The summed E-state index contributed by atoms with van der Waals surface area (Å²) in [4.78, 5) is 18.1. The monoisotopic (exact) mass is 250 g/mol. The molecular weight excluding hydrogens is 224 g/mol. The van der Waals surface area contributed by atoms with Crippen molar-refractivity contribution in [1.29, 1.82) is 0 Å². The summed E-state index contributed by atoms with van der Waals surface area (Å²) in [5, 5.41) is 0. The molecule has 18 heavy (non-hydrogen) atoms. The summed E-state index contributed by atoms with van der Waals surface area (Å²) in [5.41, 5.74) is 1.72. The van der Waals surface area contributed by atoms with Crippen LogP contribution < -0.4 is 0 Å². The Bertz CT molecular complexity index is 344. The molecule has 0 saturated carbocycles. The lowest BCUT2D eigenvalue weighted by Crippen LogP contribution is -2.32. The largest absolute Gasteiger partial charge is 0.339 e. The van der Waals surface area contributed by atoms with E-state index in [-0.39, 0.29) is 5.91 Å². The number of hydrogen-bond acceptors (Lipinski definition) is 2. The van der Waals surface area contributed by atoms with Crippen molar-refractivity contribution >= 4 is 5.91 Å². The predicted octanol–water partition coefficient (Wildman–Crippen LogP) is 3.68. The molecule has 0 fully saturated rings. The molecule has 0 saturated heterocycles. The first-order valence-corrected chi connectivity index (χ1v) is 6.90. The molecule has 0 aliphatic carbocycles. The molecule has 1 aromatic rings. The van der Waals surface area contributed by atoms with Crippen molar-refractivity contribution in [2.24, 2.45) is 0 Å². The van der Waals surface area contributed by atoms with E-state index < -0.39 is 0 Å². The van der Waals surface area contributed by atoms with E-state index in [9.17, 15) is 4.79 Å². The molecule has 0 atom stereocenters. The van der Waals surface area contributed by atoms with Gasteiger partial charge in [-0.3, -0.25) is 9.78 Å². The highest BCUT2D eigenvalue weighted by Crippen LogP contribution is 2.07. The minimum Gasteiger partial charge on any atom is -0.339 e. The van der Waals surface area contributed by atoms with Gasteiger partial charge in [0.15, 0.2) is 0 Å². The van der Waals surface area contributed by atoms with Crippen LogP contribution in [0.5, 0.6) is 0 Å². The Morgan fingerprint density at radius 3 is 2.17 bits per heavy atom. The Labute approximate surface area is 111 Å². The van der Waals surface area contributed by atoms with E-state index in [0.29, 0.717) is 5.56 Å². The van der Waals surface area contributed by atoms with Gasteiger partial charge in [0.1, 0.15) is 0 Å². The normalized spacial score (nSPS) is 9.39. The molecule has 0 bridgehead atoms. The van der Waals surface area contributed by atoms with Gasteiger partial charge in [-0.25, -0.2) is 0 Å². The highest BCUT2D eigenvalue weighted by atomic mass is 16.2. The molecule has 0 N–H and O–H groups in total. The molecule has 102 valence electrons. The number of amides is 1. The average Bonchev–Trinajstić information content (AvgIpc) is 2.40. The van der Waals surface area contributed by atoms with Gasteiger partial charge in [-0.1, -0.05) is 27.7 Å². The van der Waals surface area contributed by atoms with Crippen molar-refractivity contribution in [2.75, 3.05) is 13.1 Å². The van der Waals surface area contributed by atoms with Gasteiger partial charge in [0.05, 0.1) is 5.56 Å². The molecule has 0 unspecified atom stereocenters. The second kappa shape index (κ2) is 9.63. The van der Waals surface area contributed by atoms with E-state index in [0.717, 1.165) is 31.5 Å². The van der Waals surface area contributed by atoms with Crippen LogP contribution in [0.4, 0.5) is 0 Å². The van der Waals surface area contributed by atoms with E-state index in [1.165, 1.54) is 0 Å². The van der Waals surface area contributed by atoms with Crippen molar-refractivity contribution in [2.45, 2.75) is 47.5 Å². The maximum absolute atomic E-state index is 12.2. The first-order chi connectivity index (χ1) is 8.69. The Morgan fingerprint density at radius 2 is 1.72 bits per heavy atom. The van der Waals surface area contributed by atoms with Gasteiger partial charge < -0.3 is 4.90 Å². The summed E-state index contributed by atoms with van der Waals surface area (Å²) in [7, 11) is 0. The van der Waals surface area contributed by atoms with Gasteiger partial charge in [0, 0.05) is 25.5 Å². The summed E-state index contributed by atoms with van der Waals surface area (Å²) in [6.07, 6.45) is 5.39. The van der Waals surface area contributed by atoms with Crippen molar-refractivity contribution in [3.8, 4) is 0 Å². The maximum Gasteiger partial charge on any atom is 0.255 e. The molecule has 1 rings (SSSR count). The van der Waals surface area contributed by atoms with Crippen LogP contribution in [0, 0.1) is 6.92 Å². The minimum atomic E-state index is 0.0971. The van der Waals surface area contributed by atoms with Crippen molar-refractivity contribution < 1.29 is 4.79 Å². The molecule has 3 nitrogen and oxygen atoms in total. The lowest BCUT2D eigenvalue weighted by molar-refractivity contribution is 0.0755. The molecule has 1 heterocycles. The number of rotatable bonds is 5. The first kappa shape index (κ1) is 16.6. The molecule has 1 amide bonds. The number of aryl methyl sites for hydroxylation is 1. The quantitative estimate of drug-likeness (QED) is 0.798. The molecule has 1 aromatic heterocycles. The van der Waals surface area contributed by atoms with Crippen LogP contribution in [0.1, 0.15) is 56.5 Å². The number of nitrogens with zero attached hydrogens (tertiary/aromatic N) is 2. The van der Waals surface area contributed by atoms with Crippen LogP contribution in [0.25, 0.3) is 0 Å². The van der Waals surface area contributed by atoms with Gasteiger partial charge in [-0.2, -0.15) is 0 Å².